The van der Waals surface area contributed by atoms with Crippen LogP contribution in [-0.4, -0.2) is 9.97 Å². The van der Waals surface area contributed by atoms with Crippen LogP contribution in [0.2, 0.25) is 10.2 Å². The highest BCUT2D eigenvalue weighted by atomic mass is 35.5. The average molecular weight is 268 g/mol. The van der Waals surface area contributed by atoms with Gasteiger partial charge in [-0.1, -0.05) is 42.3 Å². The smallest absolute Gasteiger partial charge is 0.138 e. The molecule has 0 aliphatic carbocycles. The highest BCUT2D eigenvalue weighted by Crippen LogP contribution is 2.27. The van der Waals surface area contributed by atoms with Crippen molar-refractivity contribution in [2.75, 3.05) is 5.32 Å². The molecule has 0 aliphatic rings. The molecule has 3 nitrogen and oxygen atoms in total. The fourth-order valence-electron chi connectivity index (χ4n) is 1.50. The molecule has 0 aliphatic heterocycles. The quantitative estimate of drug-likeness (QED) is 0.852. The van der Waals surface area contributed by atoms with Crippen molar-refractivity contribution in [3.8, 4) is 0 Å². The van der Waals surface area contributed by atoms with E-state index in [1.54, 1.807) is 0 Å². The van der Waals surface area contributed by atoms with Gasteiger partial charge in [0, 0.05) is 5.56 Å². The minimum atomic E-state index is 0.469. The van der Waals surface area contributed by atoms with Crippen LogP contribution in [0.25, 0.3) is 0 Å². The highest BCUT2D eigenvalue weighted by molar-refractivity contribution is 6.33. The molecule has 1 aromatic heterocycles. The lowest BCUT2D eigenvalue weighted by molar-refractivity contribution is 1.05. The predicted molar refractivity (Wildman–Crippen MR) is 71.2 cm³/mol. The summed E-state index contributed by atoms with van der Waals surface area (Å²) in [4.78, 5) is 8.14. The third-order valence-electron chi connectivity index (χ3n) is 2.37. The van der Waals surface area contributed by atoms with Crippen molar-refractivity contribution >= 4 is 34.7 Å². The number of anilines is 2. The fraction of sp³-hybridized carbons (Fsp3) is 0.167. The minimum absolute atomic E-state index is 0.469. The van der Waals surface area contributed by atoms with E-state index in [1.165, 1.54) is 6.33 Å². The predicted octanol–water partition coefficient (Wildman–Crippen LogP) is 4.09. The van der Waals surface area contributed by atoms with Crippen molar-refractivity contribution in [3.63, 3.8) is 0 Å². The molecule has 5 heteroatoms. The third kappa shape index (κ3) is 2.68. The van der Waals surface area contributed by atoms with Crippen LogP contribution in [0, 0.1) is 0 Å². The topological polar surface area (TPSA) is 37.8 Å². The Morgan fingerprint density at radius 2 is 1.94 bits per heavy atom. The molecular formula is C12H11Cl2N3. The molecule has 0 atom stereocenters. The van der Waals surface area contributed by atoms with Crippen molar-refractivity contribution in [2.24, 2.45) is 0 Å². The second kappa shape index (κ2) is 5.34. The lowest BCUT2D eigenvalue weighted by atomic mass is 10.2. The van der Waals surface area contributed by atoms with Gasteiger partial charge in [0.05, 0.1) is 10.7 Å². The summed E-state index contributed by atoms with van der Waals surface area (Å²) >= 11 is 12.1. The summed E-state index contributed by atoms with van der Waals surface area (Å²) in [5.41, 5.74) is 1.69. The number of benzene rings is 1. The molecule has 1 heterocycles. The highest BCUT2D eigenvalue weighted by Gasteiger charge is 2.09. The number of aromatic nitrogens is 2. The SMILES string of the molecule is CCc1c(Cl)ncnc1Nc1ccccc1Cl. The number of halogens is 2. The summed E-state index contributed by atoms with van der Waals surface area (Å²) < 4.78 is 0. The summed E-state index contributed by atoms with van der Waals surface area (Å²) in [5.74, 6) is 0.695. The first kappa shape index (κ1) is 12.1. The van der Waals surface area contributed by atoms with Gasteiger partial charge in [-0.05, 0) is 18.6 Å². The van der Waals surface area contributed by atoms with Crippen molar-refractivity contribution in [1.29, 1.82) is 0 Å². The normalized spacial score (nSPS) is 10.3. The van der Waals surface area contributed by atoms with Crippen LogP contribution in [0.3, 0.4) is 0 Å². The van der Waals surface area contributed by atoms with Crippen LogP contribution < -0.4 is 5.32 Å². The molecule has 1 aromatic carbocycles. The summed E-state index contributed by atoms with van der Waals surface area (Å²) in [6.07, 6.45) is 2.19. The molecule has 0 radical (unpaired) electrons. The summed E-state index contributed by atoms with van der Waals surface area (Å²) in [7, 11) is 0. The Kier molecular flexibility index (Phi) is 3.82. The van der Waals surface area contributed by atoms with Crippen molar-refractivity contribution in [2.45, 2.75) is 13.3 Å². The zero-order chi connectivity index (χ0) is 12.3. The van der Waals surface area contributed by atoms with Gasteiger partial charge >= 0.3 is 0 Å². The van der Waals surface area contributed by atoms with Gasteiger partial charge < -0.3 is 5.32 Å². The third-order valence-corrected chi connectivity index (χ3v) is 3.03. The van der Waals surface area contributed by atoms with E-state index in [-0.39, 0.29) is 0 Å². The monoisotopic (exact) mass is 267 g/mol. The van der Waals surface area contributed by atoms with Gasteiger partial charge in [0.2, 0.25) is 0 Å². The van der Waals surface area contributed by atoms with Crippen molar-refractivity contribution in [3.05, 3.63) is 46.3 Å². The van der Waals surface area contributed by atoms with Gasteiger partial charge in [-0.15, -0.1) is 0 Å². The van der Waals surface area contributed by atoms with E-state index in [2.05, 4.69) is 15.3 Å². The van der Waals surface area contributed by atoms with Gasteiger partial charge in [-0.2, -0.15) is 0 Å². The number of nitrogens with one attached hydrogen (secondary N) is 1. The molecule has 88 valence electrons. The maximum Gasteiger partial charge on any atom is 0.138 e. The molecule has 0 saturated heterocycles. The molecule has 17 heavy (non-hydrogen) atoms. The second-order valence-electron chi connectivity index (χ2n) is 3.45. The molecule has 0 saturated carbocycles. The van der Waals surface area contributed by atoms with Gasteiger partial charge in [-0.3, -0.25) is 0 Å². The number of hydrogen-bond acceptors (Lipinski definition) is 3. The van der Waals surface area contributed by atoms with Gasteiger partial charge in [-0.25, -0.2) is 9.97 Å². The van der Waals surface area contributed by atoms with Crippen LogP contribution in [0.15, 0.2) is 30.6 Å². The van der Waals surface area contributed by atoms with Gasteiger partial charge in [0.15, 0.2) is 0 Å². The number of hydrogen-bond donors (Lipinski definition) is 1. The Hall–Kier alpha value is -1.32. The van der Waals surface area contributed by atoms with Crippen LogP contribution in [0.4, 0.5) is 11.5 Å². The molecular weight excluding hydrogens is 257 g/mol. The number of para-hydroxylation sites is 1. The maximum absolute atomic E-state index is 6.07. The molecule has 1 N–H and O–H groups in total. The Bertz CT molecular complexity index is 529. The van der Waals surface area contributed by atoms with Crippen LogP contribution in [0.5, 0.6) is 0 Å². The summed E-state index contributed by atoms with van der Waals surface area (Å²) in [6.45, 7) is 2.00. The van der Waals surface area contributed by atoms with E-state index >= 15 is 0 Å². The standard InChI is InChI=1S/C12H11Cl2N3/c1-2-8-11(14)15-7-16-12(8)17-10-6-4-3-5-9(10)13/h3-7H,2H2,1H3,(H,15,16,17). The second-order valence-corrected chi connectivity index (χ2v) is 4.22. The maximum atomic E-state index is 6.07. The molecule has 0 spiro atoms. The number of rotatable bonds is 3. The molecule has 0 fully saturated rings. The van der Waals surface area contributed by atoms with Crippen LogP contribution in [-0.2, 0) is 6.42 Å². The fourth-order valence-corrected chi connectivity index (χ4v) is 1.95. The Morgan fingerprint density at radius 3 is 2.65 bits per heavy atom. The first-order valence-electron chi connectivity index (χ1n) is 5.23. The lowest BCUT2D eigenvalue weighted by Gasteiger charge is -2.11. The van der Waals surface area contributed by atoms with E-state index in [0.29, 0.717) is 16.0 Å². The zero-order valence-corrected chi connectivity index (χ0v) is 10.8. The Balaban J connectivity index is 2.37. The average Bonchev–Trinajstić information content (AvgIpc) is 2.32. The van der Waals surface area contributed by atoms with Gasteiger partial charge in [0.1, 0.15) is 17.3 Å². The number of nitrogens with zero attached hydrogens (tertiary/aromatic N) is 2. The summed E-state index contributed by atoms with van der Waals surface area (Å²) in [6, 6.07) is 7.49. The largest absolute Gasteiger partial charge is 0.339 e. The van der Waals surface area contributed by atoms with Crippen molar-refractivity contribution < 1.29 is 0 Å². The molecule has 0 amide bonds. The molecule has 2 rings (SSSR count). The van der Waals surface area contributed by atoms with Gasteiger partial charge in [0.25, 0.3) is 0 Å². The Morgan fingerprint density at radius 1 is 1.18 bits per heavy atom. The lowest BCUT2D eigenvalue weighted by Crippen LogP contribution is -2.00. The zero-order valence-electron chi connectivity index (χ0n) is 9.24. The van der Waals surface area contributed by atoms with E-state index in [4.69, 9.17) is 23.2 Å². The first-order valence-corrected chi connectivity index (χ1v) is 5.99. The first-order chi connectivity index (χ1) is 8.22. The minimum Gasteiger partial charge on any atom is -0.339 e. The van der Waals surface area contributed by atoms with E-state index in [0.717, 1.165) is 17.7 Å². The van der Waals surface area contributed by atoms with E-state index < -0.39 is 0 Å². The molecule has 2 aromatic rings. The van der Waals surface area contributed by atoms with E-state index in [9.17, 15) is 0 Å². The van der Waals surface area contributed by atoms with Crippen LogP contribution in [0.1, 0.15) is 12.5 Å². The van der Waals surface area contributed by atoms with Crippen molar-refractivity contribution in [1.82, 2.24) is 9.97 Å². The molecule has 0 unspecified atom stereocenters. The Labute approximate surface area is 110 Å². The summed E-state index contributed by atoms with van der Waals surface area (Å²) in [5, 5.41) is 4.28. The van der Waals surface area contributed by atoms with E-state index in [1.807, 2.05) is 31.2 Å². The van der Waals surface area contributed by atoms with Crippen LogP contribution >= 0.6 is 23.2 Å². The molecule has 0 bridgehead atoms.